The highest BCUT2D eigenvalue weighted by molar-refractivity contribution is 7.87. The summed E-state index contributed by atoms with van der Waals surface area (Å²) in [6.07, 6.45) is 1.48. The zero-order chi connectivity index (χ0) is 19.8. The Bertz CT molecular complexity index is 1070. The van der Waals surface area contributed by atoms with Crippen LogP contribution in [0.1, 0.15) is 12.5 Å². The highest BCUT2D eigenvalue weighted by Gasteiger charge is 2.24. The van der Waals surface area contributed by atoms with Gasteiger partial charge in [-0.1, -0.05) is 40.0 Å². The second-order valence-corrected chi connectivity index (χ2v) is 8.22. The van der Waals surface area contributed by atoms with Crippen LogP contribution in [0, 0.1) is 0 Å². The molecule has 0 amide bonds. The van der Waals surface area contributed by atoms with Crippen molar-refractivity contribution in [3.8, 4) is 5.75 Å². The Morgan fingerprint density at radius 1 is 1.07 bits per heavy atom. The van der Waals surface area contributed by atoms with Crippen molar-refractivity contribution < 1.29 is 22.2 Å². The van der Waals surface area contributed by atoms with Crippen LogP contribution in [0.2, 0.25) is 15.1 Å². The average molecular weight is 447 g/mol. The highest BCUT2D eigenvalue weighted by Crippen LogP contribution is 2.37. The first-order valence-electron chi connectivity index (χ1n) is 7.34. The Morgan fingerprint density at radius 2 is 1.67 bits per heavy atom. The topological polar surface area (TPSA) is 82.0 Å². The minimum Gasteiger partial charge on any atom is -0.376 e. The summed E-state index contributed by atoms with van der Waals surface area (Å²) in [5.41, 5.74) is 1.09. The van der Waals surface area contributed by atoms with E-state index in [1.165, 1.54) is 42.5 Å². The third kappa shape index (κ3) is 4.27. The molecule has 1 aliphatic rings. The van der Waals surface area contributed by atoms with Crippen LogP contribution < -0.4 is 4.18 Å². The van der Waals surface area contributed by atoms with E-state index < -0.39 is 16.1 Å². The van der Waals surface area contributed by atoms with Crippen LogP contribution in [-0.4, -0.2) is 20.1 Å². The molecule has 0 aliphatic carbocycles. The van der Waals surface area contributed by atoms with Crippen LogP contribution in [0.15, 0.2) is 52.0 Å². The predicted molar refractivity (Wildman–Crippen MR) is 103 cm³/mol. The largest absolute Gasteiger partial charge is 0.376 e. The lowest BCUT2D eigenvalue weighted by atomic mass is 10.1. The van der Waals surface area contributed by atoms with Crippen LogP contribution >= 0.6 is 34.8 Å². The predicted octanol–water partition coefficient (Wildman–Crippen LogP) is 4.73. The van der Waals surface area contributed by atoms with Crippen molar-refractivity contribution in [2.24, 2.45) is 5.16 Å². The molecule has 0 atom stereocenters. The molecule has 0 fully saturated rings. The summed E-state index contributed by atoms with van der Waals surface area (Å²) in [5.74, 6) is -0.833. The zero-order valence-corrected chi connectivity index (χ0v) is 16.7. The Balaban J connectivity index is 1.94. The molecule has 1 aliphatic heterocycles. The summed E-state index contributed by atoms with van der Waals surface area (Å²) in [5, 5.41) is 3.85. The van der Waals surface area contributed by atoms with Gasteiger partial charge in [0, 0.05) is 5.02 Å². The van der Waals surface area contributed by atoms with Gasteiger partial charge in [-0.25, -0.2) is 4.79 Å². The number of hydrogen-bond acceptors (Lipinski definition) is 6. The number of carbonyl (C=O) groups excluding carboxylic acids is 1. The van der Waals surface area contributed by atoms with Crippen molar-refractivity contribution in [2.75, 3.05) is 0 Å². The number of halogens is 3. The fourth-order valence-corrected chi connectivity index (χ4v) is 3.95. The fraction of sp³-hybridized carbons (Fsp3) is 0.0588. The van der Waals surface area contributed by atoms with Gasteiger partial charge in [0.15, 0.2) is 5.75 Å². The van der Waals surface area contributed by atoms with Crippen LogP contribution in [0.4, 0.5) is 0 Å². The summed E-state index contributed by atoms with van der Waals surface area (Å²) < 4.78 is 29.9. The van der Waals surface area contributed by atoms with Crippen molar-refractivity contribution in [2.45, 2.75) is 11.8 Å². The molecular weight excluding hydrogens is 437 g/mol. The standard InChI is InChI=1S/C17H10Cl3NO5S/c1-9-13(17(22)25-21-9)6-10-7-14(19)16(15(20)8-10)26-27(23,24)12-4-2-11(18)3-5-12/h2-8H,1H3/b13-6-. The normalized spacial score (nSPS) is 15.6. The fourth-order valence-electron chi connectivity index (χ4n) is 2.19. The Labute approximate surface area is 170 Å². The number of rotatable bonds is 4. The third-order valence-corrected chi connectivity index (χ3v) is 5.55. The van der Waals surface area contributed by atoms with Crippen molar-refractivity contribution in [1.29, 1.82) is 0 Å². The molecule has 0 bridgehead atoms. The van der Waals surface area contributed by atoms with Crippen molar-refractivity contribution in [1.82, 2.24) is 0 Å². The summed E-state index contributed by atoms with van der Waals surface area (Å²) >= 11 is 18.0. The van der Waals surface area contributed by atoms with E-state index in [1.54, 1.807) is 6.92 Å². The van der Waals surface area contributed by atoms with Crippen LogP contribution in [0.5, 0.6) is 5.75 Å². The molecule has 0 N–H and O–H groups in total. The van der Waals surface area contributed by atoms with Gasteiger partial charge in [-0.3, -0.25) is 0 Å². The molecule has 3 rings (SSSR count). The molecular formula is C17H10Cl3NO5S. The smallest absolute Gasteiger partial charge is 0.367 e. The molecule has 2 aromatic carbocycles. The maximum atomic E-state index is 12.4. The lowest BCUT2D eigenvalue weighted by molar-refractivity contribution is -0.136. The maximum Gasteiger partial charge on any atom is 0.367 e. The molecule has 0 aromatic heterocycles. The van der Waals surface area contributed by atoms with Crippen LogP contribution in [-0.2, 0) is 19.8 Å². The number of carbonyl (C=O) groups is 1. The van der Waals surface area contributed by atoms with Gasteiger partial charge in [-0.15, -0.1) is 0 Å². The Kier molecular flexibility index (Phi) is 5.48. The van der Waals surface area contributed by atoms with E-state index in [-0.39, 0.29) is 26.3 Å². The van der Waals surface area contributed by atoms with E-state index in [9.17, 15) is 13.2 Å². The van der Waals surface area contributed by atoms with E-state index in [2.05, 4.69) is 9.99 Å². The molecule has 2 aromatic rings. The lowest BCUT2D eigenvalue weighted by Crippen LogP contribution is -2.10. The SMILES string of the molecule is CC1=NOC(=O)/C1=C\c1cc(Cl)c(OS(=O)(=O)c2ccc(Cl)cc2)c(Cl)c1. The van der Waals surface area contributed by atoms with Gasteiger partial charge in [0.25, 0.3) is 0 Å². The first-order chi connectivity index (χ1) is 12.7. The average Bonchev–Trinajstić information content (AvgIpc) is 2.90. The van der Waals surface area contributed by atoms with Gasteiger partial charge >= 0.3 is 16.1 Å². The van der Waals surface area contributed by atoms with Gasteiger partial charge in [0.1, 0.15) is 4.90 Å². The lowest BCUT2D eigenvalue weighted by Gasteiger charge is -2.11. The summed E-state index contributed by atoms with van der Waals surface area (Å²) in [7, 11) is -4.16. The van der Waals surface area contributed by atoms with Gasteiger partial charge in [-0.05, 0) is 55.0 Å². The summed E-state index contributed by atoms with van der Waals surface area (Å²) in [6, 6.07) is 8.25. The third-order valence-electron chi connectivity index (χ3n) is 3.50. The van der Waals surface area contributed by atoms with Crippen molar-refractivity contribution >= 4 is 62.7 Å². The summed E-state index contributed by atoms with van der Waals surface area (Å²) in [4.78, 5) is 16.1. The Morgan fingerprint density at radius 3 is 2.19 bits per heavy atom. The first kappa shape index (κ1) is 19.7. The van der Waals surface area contributed by atoms with Crippen LogP contribution in [0.3, 0.4) is 0 Å². The molecule has 0 saturated carbocycles. The van der Waals surface area contributed by atoms with Gasteiger partial charge in [0.2, 0.25) is 0 Å². The minimum atomic E-state index is -4.16. The van der Waals surface area contributed by atoms with E-state index in [4.69, 9.17) is 39.0 Å². The highest BCUT2D eigenvalue weighted by atomic mass is 35.5. The monoisotopic (exact) mass is 445 g/mol. The summed E-state index contributed by atoms with van der Waals surface area (Å²) in [6.45, 7) is 1.61. The van der Waals surface area contributed by atoms with Gasteiger partial charge in [-0.2, -0.15) is 8.42 Å². The first-order valence-corrected chi connectivity index (χ1v) is 9.89. The second kappa shape index (κ2) is 7.52. The maximum absolute atomic E-state index is 12.4. The van der Waals surface area contributed by atoms with E-state index in [1.807, 2.05) is 0 Å². The molecule has 0 saturated heterocycles. The molecule has 140 valence electrons. The zero-order valence-electron chi connectivity index (χ0n) is 13.6. The number of nitrogens with zero attached hydrogens (tertiary/aromatic N) is 1. The Hall–Kier alpha value is -2.06. The minimum absolute atomic E-state index is 0.0483. The van der Waals surface area contributed by atoms with E-state index in [0.717, 1.165) is 0 Å². The quantitative estimate of drug-likeness (QED) is 0.385. The number of hydrogen-bond donors (Lipinski definition) is 0. The molecule has 0 spiro atoms. The molecule has 1 heterocycles. The van der Waals surface area contributed by atoms with Crippen LogP contribution in [0.25, 0.3) is 6.08 Å². The van der Waals surface area contributed by atoms with E-state index in [0.29, 0.717) is 16.3 Å². The second-order valence-electron chi connectivity index (χ2n) is 5.42. The molecule has 0 unspecified atom stereocenters. The number of oxime groups is 1. The van der Waals surface area contributed by atoms with Gasteiger partial charge < -0.3 is 9.02 Å². The van der Waals surface area contributed by atoms with Gasteiger partial charge in [0.05, 0.1) is 21.3 Å². The molecule has 10 heteroatoms. The van der Waals surface area contributed by atoms with Crippen molar-refractivity contribution in [3.63, 3.8) is 0 Å². The molecule has 0 radical (unpaired) electrons. The molecule has 6 nitrogen and oxygen atoms in total. The van der Waals surface area contributed by atoms with Crippen molar-refractivity contribution in [3.05, 3.63) is 62.6 Å². The van der Waals surface area contributed by atoms with E-state index >= 15 is 0 Å². The number of benzene rings is 2. The molecule has 27 heavy (non-hydrogen) atoms.